The van der Waals surface area contributed by atoms with E-state index < -0.39 is 10.0 Å². The first kappa shape index (κ1) is 26.9. The van der Waals surface area contributed by atoms with Gasteiger partial charge < -0.3 is 10.1 Å². The highest BCUT2D eigenvalue weighted by Crippen LogP contribution is 2.29. The predicted molar refractivity (Wildman–Crippen MR) is 151 cm³/mol. The lowest BCUT2D eigenvalue weighted by Gasteiger charge is -2.26. The van der Waals surface area contributed by atoms with Gasteiger partial charge in [0.25, 0.3) is 15.9 Å². The number of hydrogen-bond donors (Lipinski definition) is 1. The van der Waals surface area contributed by atoms with Crippen molar-refractivity contribution >= 4 is 21.6 Å². The van der Waals surface area contributed by atoms with Gasteiger partial charge >= 0.3 is 0 Å². The average molecular weight is 529 g/mol. The van der Waals surface area contributed by atoms with Gasteiger partial charge in [-0.25, -0.2) is 8.42 Å². The fourth-order valence-electron chi connectivity index (χ4n) is 4.05. The van der Waals surface area contributed by atoms with Crippen molar-refractivity contribution in [3.8, 4) is 5.75 Å². The Balaban J connectivity index is 1.59. The van der Waals surface area contributed by atoms with Crippen molar-refractivity contribution in [3.63, 3.8) is 0 Å². The molecule has 1 N–H and O–H groups in total. The maximum atomic E-state index is 13.9. The van der Waals surface area contributed by atoms with Gasteiger partial charge in [0.2, 0.25) is 0 Å². The van der Waals surface area contributed by atoms with Crippen LogP contribution in [0.4, 0.5) is 5.69 Å². The summed E-state index contributed by atoms with van der Waals surface area (Å²) in [6, 6.07) is 28.8. The van der Waals surface area contributed by atoms with Crippen LogP contribution in [-0.2, 0) is 16.6 Å². The standard InChI is InChI=1S/C31H32N2O4S/c1-23-14-17-27(18-15-23)38(35,36)33(22-26-9-5-4-6-10-26)29-12-8-7-11-28(29)31(34)32-19-20-37-30-21-24(2)13-16-25(30)3/h4-18,21H,19-20,22H2,1-3H3,(H,32,34). The molecule has 38 heavy (non-hydrogen) atoms. The smallest absolute Gasteiger partial charge is 0.264 e. The number of para-hydroxylation sites is 1. The van der Waals surface area contributed by atoms with E-state index in [2.05, 4.69) is 5.32 Å². The van der Waals surface area contributed by atoms with E-state index in [1.165, 1.54) is 4.31 Å². The summed E-state index contributed by atoms with van der Waals surface area (Å²) in [5, 5.41) is 2.88. The van der Waals surface area contributed by atoms with Gasteiger partial charge in [-0.1, -0.05) is 72.3 Å². The number of anilines is 1. The Morgan fingerprint density at radius 2 is 1.47 bits per heavy atom. The number of benzene rings is 4. The van der Waals surface area contributed by atoms with Crippen LogP contribution in [-0.4, -0.2) is 27.5 Å². The Morgan fingerprint density at radius 1 is 0.816 bits per heavy atom. The lowest BCUT2D eigenvalue weighted by Crippen LogP contribution is -2.34. The second-order valence-electron chi connectivity index (χ2n) is 9.20. The molecule has 4 rings (SSSR count). The number of carbonyl (C=O) groups is 1. The van der Waals surface area contributed by atoms with Crippen LogP contribution < -0.4 is 14.4 Å². The van der Waals surface area contributed by atoms with Gasteiger partial charge in [0.1, 0.15) is 12.4 Å². The maximum absolute atomic E-state index is 13.9. The molecule has 4 aromatic carbocycles. The molecule has 0 aromatic heterocycles. The fraction of sp³-hybridized carbons (Fsp3) is 0.194. The van der Waals surface area contributed by atoms with Crippen molar-refractivity contribution in [1.82, 2.24) is 5.32 Å². The Kier molecular flexibility index (Phi) is 8.48. The van der Waals surface area contributed by atoms with Gasteiger partial charge in [0, 0.05) is 0 Å². The predicted octanol–water partition coefficient (Wildman–Crippen LogP) is 5.82. The number of sulfonamides is 1. The van der Waals surface area contributed by atoms with Gasteiger partial charge in [-0.2, -0.15) is 0 Å². The van der Waals surface area contributed by atoms with E-state index in [9.17, 15) is 13.2 Å². The number of amides is 1. The highest BCUT2D eigenvalue weighted by atomic mass is 32.2. The molecule has 196 valence electrons. The third kappa shape index (κ3) is 6.42. The molecule has 0 radical (unpaired) electrons. The van der Waals surface area contributed by atoms with Crippen molar-refractivity contribution in [1.29, 1.82) is 0 Å². The summed E-state index contributed by atoms with van der Waals surface area (Å²) >= 11 is 0. The van der Waals surface area contributed by atoms with Crippen molar-refractivity contribution in [2.45, 2.75) is 32.2 Å². The quantitative estimate of drug-likeness (QED) is 0.263. The SMILES string of the molecule is Cc1ccc(S(=O)(=O)N(Cc2ccccc2)c2ccccc2C(=O)NCCOc2cc(C)ccc2C)cc1. The molecule has 4 aromatic rings. The van der Waals surface area contributed by atoms with E-state index >= 15 is 0 Å². The number of ether oxygens (including phenoxy) is 1. The molecule has 0 unspecified atom stereocenters. The van der Waals surface area contributed by atoms with Crippen molar-refractivity contribution in [2.24, 2.45) is 0 Å². The molecule has 0 aliphatic heterocycles. The zero-order valence-electron chi connectivity index (χ0n) is 21.8. The molecule has 0 saturated heterocycles. The molecule has 7 heteroatoms. The third-order valence-corrected chi connectivity index (χ3v) is 7.96. The summed E-state index contributed by atoms with van der Waals surface area (Å²) < 4.78 is 34.9. The van der Waals surface area contributed by atoms with E-state index in [0.717, 1.165) is 28.0 Å². The molecule has 6 nitrogen and oxygen atoms in total. The molecule has 0 heterocycles. The number of hydrogen-bond acceptors (Lipinski definition) is 4. The minimum absolute atomic E-state index is 0.0804. The Hall–Kier alpha value is -4.10. The zero-order valence-corrected chi connectivity index (χ0v) is 22.7. The number of carbonyl (C=O) groups excluding carboxylic acids is 1. The molecule has 0 atom stereocenters. The van der Waals surface area contributed by atoms with E-state index in [-0.39, 0.29) is 36.1 Å². The monoisotopic (exact) mass is 528 g/mol. The second kappa shape index (κ2) is 12.0. The minimum atomic E-state index is -3.97. The third-order valence-electron chi connectivity index (χ3n) is 6.18. The lowest BCUT2D eigenvalue weighted by atomic mass is 10.1. The first-order chi connectivity index (χ1) is 18.3. The van der Waals surface area contributed by atoms with E-state index in [0.29, 0.717) is 5.69 Å². The van der Waals surface area contributed by atoms with Crippen LogP contribution in [0.15, 0.2) is 102 Å². The minimum Gasteiger partial charge on any atom is -0.491 e. The van der Waals surface area contributed by atoms with Crippen molar-refractivity contribution in [3.05, 3.63) is 125 Å². The van der Waals surface area contributed by atoms with Crippen molar-refractivity contribution < 1.29 is 17.9 Å². The molecule has 0 bridgehead atoms. The van der Waals surface area contributed by atoms with E-state index in [1.54, 1.807) is 48.5 Å². The van der Waals surface area contributed by atoms with Crippen LogP contribution in [0.3, 0.4) is 0 Å². The molecule has 1 amide bonds. The van der Waals surface area contributed by atoms with Crippen molar-refractivity contribution in [2.75, 3.05) is 17.5 Å². The van der Waals surface area contributed by atoms with Crippen LogP contribution in [0.2, 0.25) is 0 Å². The normalized spacial score (nSPS) is 11.1. The number of aryl methyl sites for hydroxylation is 3. The topological polar surface area (TPSA) is 75.7 Å². The lowest BCUT2D eigenvalue weighted by molar-refractivity contribution is 0.0947. The molecule has 0 aliphatic carbocycles. The van der Waals surface area contributed by atoms with Gasteiger partial charge in [-0.3, -0.25) is 9.10 Å². The molecular formula is C31H32N2O4S. The Labute approximate surface area is 225 Å². The number of rotatable bonds is 10. The van der Waals surface area contributed by atoms with E-state index in [1.807, 2.05) is 69.3 Å². The van der Waals surface area contributed by atoms with E-state index in [4.69, 9.17) is 4.74 Å². The van der Waals surface area contributed by atoms with Gasteiger partial charge in [0.05, 0.1) is 29.2 Å². The second-order valence-corrected chi connectivity index (χ2v) is 11.1. The fourth-order valence-corrected chi connectivity index (χ4v) is 5.52. The van der Waals surface area contributed by atoms with Gasteiger partial charge in [0.15, 0.2) is 0 Å². The average Bonchev–Trinajstić information content (AvgIpc) is 2.92. The summed E-state index contributed by atoms with van der Waals surface area (Å²) in [6.07, 6.45) is 0. The first-order valence-electron chi connectivity index (χ1n) is 12.5. The van der Waals surface area contributed by atoms with Crippen LogP contribution in [0, 0.1) is 20.8 Å². The number of nitrogens with one attached hydrogen (secondary N) is 1. The molecular weight excluding hydrogens is 496 g/mol. The zero-order chi connectivity index (χ0) is 27.1. The highest BCUT2D eigenvalue weighted by molar-refractivity contribution is 7.92. The molecule has 0 aliphatic rings. The summed E-state index contributed by atoms with van der Waals surface area (Å²) in [6.45, 7) is 6.51. The van der Waals surface area contributed by atoms with Crippen LogP contribution in [0.25, 0.3) is 0 Å². The summed E-state index contributed by atoms with van der Waals surface area (Å²) in [5.74, 6) is 0.403. The van der Waals surface area contributed by atoms with Crippen LogP contribution in [0.1, 0.15) is 32.6 Å². The number of nitrogens with zero attached hydrogens (tertiary/aromatic N) is 1. The van der Waals surface area contributed by atoms with Gasteiger partial charge in [-0.05, 0) is 67.8 Å². The summed E-state index contributed by atoms with van der Waals surface area (Å²) in [7, 11) is -3.97. The highest BCUT2D eigenvalue weighted by Gasteiger charge is 2.28. The molecule has 0 saturated carbocycles. The molecule has 0 fully saturated rings. The van der Waals surface area contributed by atoms with Gasteiger partial charge in [-0.15, -0.1) is 0 Å². The maximum Gasteiger partial charge on any atom is 0.264 e. The Bertz CT molecular complexity index is 1500. The largest absolute Gasteiger partial charge is 0.491 e. The summed E-state index contributed by atoms with van der Waals surface area (Å²) in [4.78, 5) is 13.4. The summed E-state index contributed by atoms with van der Waals surface area (Å²) in [5.41, 5.74) is 4.46. The Morgan fingerprint density at radius 3 is 2.21 bits per heavy atom. The van der Waals surface area contributed by atoms with Crippen LogP contribution in [0.5, 0.6) is 5.75 Å². The molecule has 0 spiro atoms. The first-order valence-corrected chi connectivity index (χ1v) is 13.9. The van der Waals surface area contributed by atoms with Crippen LogP contribution >= 0.6 is 0 Å².